The Labute approximate surface area is 126 Å². The predicted octanol–water partition coefficient (Wildman–Crippen LogP) is 3.24. The molecule has 2 heterocycles. The zero-order chi connectivity index (χ0) is 14.8. The number of pyridine rings is 1. The van der Waals surface area contributed by atoms with Gasteiger partial charge in [0.15, 0.2) is 10.8 Å². The first kappa shape index (κ1) is 13.5. The number of rotatable bonds is 2. The van der Waals surface area contributed by atoms with Crippen molar-refractivity contribution in [2.24, 2.45) is 0 Å². The molecule has 5 nitrogen and oxygen atoms in total. The third kappa shape index (κ3) is 2.83. The maximum atomic E-state index is 12.2. The molecule has 0 bridgehead atoms. The number of halogens is 1. The van der Waals surface area contributed by atoms with Gasteiger partial charge in [-0.1, -0.05) is 29.8 Å². The molecule has 3 aromatic rings. The van der Waals surface area contributed by atoms with Crippen LogP contribution in [0, 0.1) is 6.92 Å². The molecule has 0 saturated heterocycles. The number of nitrogens with zero attached hydrogens (tertiary/aromatic N) is 3. The Morgan fingerprint density at radius 1 is 1.10 bits per heavy atom. The quantitative estimate of drug-likeness (QED) is 0.788. The van der Waals surface area contributed by atoms with Gasteiger partial charge in [-0.05, 0) is 31.2 Å². The monoisotopic (exact) mass is 298 g/mol. The summed E-state index contributed by atoms with van der Waals surface area (Å²) in [5.74, 6) is -0.352. The van der Waals surface area contributed by atoms with Gasteiger partial charge >= 0.3 is 0 Å². The zero-order valence-electron chi connectivity index (χ0n) is 11.2. The Bertz CT molecular complexity index is 818. The van der Waals surface area contributed by atoms with Crippen LogP contribution in [0.4, 0.5) is 5.69 Å². The number of carbonyl (C=O) groups excluding carboxylic acids is 1. The van der Waals surface area contributed by atoms with Crippen molar-refractivity contribution >= 4 is 34.1 Å². The third-order valence-electron chi connectivity index (χ3n) is 2.97. The van der Waals surface area contributed by atoms with Crippen LogP contribution in [0.3, 0.4) is 0 Å². The molecule has 0 aliphatic carbocycles. The smallest absolute Gasteiger partial charge is 0.276 e. The molecule has 0 unspecified atom stereocenters. The normalized spacial score (nSPS) is 10.6. The highest BCUT2D eigenvalue weighted by molar-refractivity contribution is 6.29. The average molecular weight is 299 g/mol. The van der Waals surface area contributed by atoms with Crippen LogP contribution in [0.25, 0.3) is 10.9 Å². The van der Waals surface area contributed by atoms with E-state index in [0.29, 0.717) is 5.69 Å². The summed E-state index contributed by atoms with van der Waals surface area (Å²) in [5, 5.41) is 11.4. The van der Waals surface area contributed by atoms with Crippen LogP contribution in [0.1, 0.15) is 16.2 Å². The number of aromatic nitrogens is 3. The van der Waals surface area contributed by atoms with Gasteiger partial charge in [-0.25, -0.2) is 0 Å². The van der Waals surface area contributed by atoms with E-state index in [4.69, 9.17) is 11.6 Å². The first-order chi connectivity index (χ1) is 10.1. The van der Waals surface area contributed by atoms with Crippen molar-refractivity contribution in [2.75, 3.05) is 5.32 Å². The molecule has 3 rings (SSSR count). The molecule has 0 atom stereocenters. The van der Waals surface area contributed by atoms with E-state index in [1.54, 1.807) is 6.07 Å². The highest BCUT2D eigenvalue weighted by Gasteiger charge is 2.11. The molecule has 0 fully saturated rings. The molecule has 2 aromatic heterocycles. The number of para-hydroxylation sites is 1. The second-order valence-corrected chi connectivity index (χ2v) is 4.91. The summed E-state index contributed by atoms with van der Waals surface area (Å²) in [6.45, 7) is 1.91. The number of hydrogen-bond acceptors (Lipinski definition) is 4. The highest BCUT2D eigenvalue weighted by atomic mass is 35.5. The first-order valence-electron chi connectivity index (χ1n) is 6.30. The van der Waals surface area contributed by atoms with E-state index < -0.39 is 0 Å². The molecule has 0 aliphatic rings. The third-order valence-corrected chi connectivity index (χ3v) is 3.17. The Balaban J connectivity index is 1.96. The van der Waals surface area contributed by atoms with Gasteiger partial charge < -0.3 is 5.32 Å². The lowest BCUT2D eigenvalue weighted by atomic mass is 10.1. The van der Waals surface area contributed by atoms with Gasteiger partial charge in [-0.3, -0.25) is 9.78 Å². The Morgan fingerprint density at radius 3 is 2.71 bits per heavy atom. The minimum Gasteiger partial charge on any atom is -0.319 e. The van der Waals surface area contributed by atoms with Crippen molar-refractivity contribution in [3.63, 3.8) is 0 Å². The van der Waals surface area contributed by atoms with Gasteiger partial charge in [0.1, 0.15) is 0 Å². The molecule has 21 heavy (non-hydrogen) atoms. The van der Waals surface area contributed by atoms with E-state index in [9.17, 15) is 4.79 Å². The topological polar surface area (TPSA) is 67.8 Å². The molecule has 0 radical (unpaired) electrons. The molecule has 0 saturated carbocycles. The average Bonchev–Trinajstić information content (AvgIpc) is 2.48. The van der Waals surface area contributed by atoms with Gasteiger partial charge in [-0.2, -0.15) is 0 Å². The molecule has 1 amide bonds. The number of hydrogen-bond donors (Lipinski definition) is 1. The summed E-state index contributed by atoms with van der Waals surface area (Å²) in [4.78, 5) is 16.6. The minimum absolute atomic E-state index is 0.198. The first-order valence-corrected chi connectivity index (χ1v) is 6.68. The van der Waals surface area contributed by atoms with Gasteiger partial charge in [0.05, 0.1) is 11.2 Å². The van der Waals surface area contributed by atoms with Crippen LogP contribution in [0.2, 0.25) is 5.15 Å². The summed E-state index contributed by atoms with van der Waals surface area (Å²) in [5.41, 5.74) is 2.46. The molecule has 0 spiro atoms. The fraction of sp³-hybridized carbons (Fsp3) is 0.0667. The Hall–Kier alpha value is -2.53. The van der Waals surface area contributed by atoms with Crippen LogP contribution in [0.5, 0.6) is 0 Å². The summed E-state index contributed by atoms with van der Waals surface area (Å²) in [6, 6.07) is 12.6. The van der Waals surface area contributed by atoms with E-state index in [-0.39, 0.29) is 16.8 Å². The van der Waals surface area contributed by atoms with Gasteiger partial charge in [0, 0.05) is 11.1 Å². The van der Waals surface area contributed by atoms with E-state index >= 15 is 0 Å². The van der Waals surface area contributed by atoms with Crippen molar-refractivity contribution in [3.8, 4) is 0 Å². The predicted molar refractivity (Wildman–Crippen MR) is 81.5 cm³/mol. The Morgan fingerprint density at radius 2 is 1.95 bits per heavy atom. The number of carbonyl (C=O) groups is 1. The number of anilines is 1. The number of fused-ring (bicyclic) bond motifs is 1. The van der Waals surface area contributed by atoms with E-state index in [1.807, 2.05) is 31.2 Å². The van der Waals surface area contributed by atoms with Crippen molar-refractivity contribution < 1.29 is 4.79 Å². The van der Waals surface area contributed by atoms with Gasteiger partial charge in [0.25, 0.3) is 5.91 Å². The maximum Gasteiger partial charge on any atom is 0.276 e. The van der Waals surface area contributed by atoms with Crippen LogP contribution in [0.15, 0.2) is 42.5 Å². The van der Waals surface area contributed by atoms with Crippen LogP contribution >= 0.6 is 11.6 Å². The number of benzene rings is 1. The number of aryl methyl sites for hydroxylation is 1. The van der Waals surface area contributed by atoms with Crippen LogP contribution in [-0.4, -0.2) is 21.1 Å². The summed E-state index contributed by atoms with van der Waals surface area (Å²) >= 11 is 5.66. The molecule has 6 heteroatoms. The van der Waals surface area contributed by atoms with Crippen LogP contribution in [-0.2, 0) is 0 Å². The SMILES string of the molecule is Cc1ccc2cccc(NC(=O)c3ccc(Cl)nn3)c2n1. The fourth-order valence-corrected chi connectivity index (χ4v) is 2.07. The molecule has 1 aromatic carbocycles. The summed E-state index contributed by atoms with van der Waals surface area (Å²) in [6.07, 6.45) is 0. The molecule has 104 valence electrons. The molecule has 0 aliphatic heterocycles. The number of amides is 1. The number of nitrogens with one attached hydrogen (secondary N) is 1. The van der Waals surface area contributed by atoms with Crippen molar-refractivity contribution in [1.82, 2.24) is 15.2 Å². The fourth-order valence-electron chi connectivity index (χ4n) is 1.97. The lowest BCUT2D eigenvalue weighted by Gasteiger charge is -2.08. The standard InChI is InChI=1S/C15H11ClN4O/c1-9-5-6-10-3-2-4-11(14(10)17-9)18-15(21)12-7-8-13(16)20-19-12/h2-8H,1H3,(H,18,21). The van der Waals surface area contributed by atoms with E-state index in [2.05, 4.69) is 20.5 Å². The lowest BCUT2D eigenvalue weighted by Crippen LogP contribution is -2.14. The second-order valence-electron chi connectivity index (χ2n) is 4.53. The highest BCUT2D eigenvalue weighted by Crippen LogP contribution is 2.22. The van der Waals surface area contributed by atoms with Gasteiger partial charge in [-0.15, -0.1) is 10.2 Å². The summed E-state index contributed by atoms with van der Waals surface area (Å²) < 4.78 is 0. The van der Waals surface area contributed by atoms with Crippen molar-refractivity contribution in [1.29, 1.82) is 0 Å². The zero-order valence-corrected chi connectivity index (χ0v) is 11.9. The maximum absolute atomic E-state index is 12.2. The van der Waals surface area contributed by atoms with Crippen LogP contribution < -0.4 is 5.32 Å². The van der Waals surface area contributed by atoms with Gasteiger partial charge in [0.2, 0.25) is 0 Å². The molecule has 1 N–H and O–H groups in total. The Kier molecular flexibility index (Phi) is 3.50. The summed E-state index contributed by atoms with van der Waals surface area (Å²) in [7, 11) is 0. The lowest BCUT2D eigenvalue weighted by molar-refractivity contribution is 0.102. The molecular formula is C15H11ClN4O. The minimum atomic E-state index is -0.352. The van der Waals surface area contributed by atoms with E-state index in [1.165, 1.54) is 12.1 Å². The molecular weight excluding hydrogens is 288 g/mol. The van der Waals surface area contributed by atoms with E-state index in [0.717, 1.165) is 16.6 Å². The van der Waals surface area contributed by atoms with Crippen molar-refractivity contribution in [3.05, 3.63) is 59.0 Å². The van der Waals surface area contributed by atoms with Crippen molar-refractivity contribution in [2.45, 2.75) is 6.92 Å². The second kappa shape index (κ2) is 5.46. The largest absolute Gasteiger partial charge is 0.319 e.